The van der Waals surface area contributed by atoms with Gasteiger partial charge in [0.2, 0.25) is 0 Å². The van der Waals surface area contributed by atoms with Crippen molar-refractivity contribution in [2.75, 3.05) is 0 Å². The fraction of sp³-hybridized carbons (Fsp3) is 0.125. The second-order valence-electron chi connectivity index (χ2n) is 3.08. The summed E-state index contributed by atoms with van der Waals surface area (Å²) in [6.07, 6.45) is 3.94. The van der Waals surface area contributed by atoms with Crippen LogP contribution in [-0.2, 0) is 0 Å². The van der Waals surface area contributed by atoms with Crippen LogP contribution in [0.2, 0.25) is 0 Å². The van der Waals surface area contributed by atoms with Gasteiger partial charge >= 0.3 is 0 Å². The van der Waals surface area contributed by atoms with E-state index in [9.17, 15) is 0 Å². The van der Waals surface area contributed by atoms with Crippen LogP contribution in [0.5, 0.6) is 0 Å². The topological polar surface area (TPSA) is 74.5 Å². The number of hydrogen-bond donors (Lipinski definition) is 4. The summed E-state index contributed by atoms with van der Waals surface area (Å²) in [5, 5.41) is 6.11. The van der Waals surface area contributed by atoms with Crippen molar-refractivity contribution in [3.63, 3.8) is 0 Å². The van der Waals surface area contributed by atoms with E-state index in [-0.39, 0.29) is 18.6 Å². The zero-order chi connectivity index (χ0) is 9.54. The Balaban J connectivity index is 0.000000853. The molecule has 0 aromatic carbocycles. The zero-order valence-corrected chi connectivity index (χ0v) is 9.28. The van der Waals surface area contributed by atoms with E-state index in [0.29, 0.717) is 5.96 Å². The lowest BCUT2D eigenvalue weighted by Gasteiger charge is -2.19. The fourth-order valence-electron chi connectivity index (χ4n) is 1.60. The molecule has 0 amide bonds. The van der Waals surface area contributed by atoms with Crippen molar-refractivity contribution in [1.82, 2.24) is 16.2 Å². The number of halogens is 1. The Morgan fingerprint density at radius 1 is 1.47 bits per heavy atom. The molecule has 1 saturated heterocycles. The first-order valence-corrected chi connectivity index (χ1v) is 5.12. The number of nitrogens with two attached hydrogens (primary N) is 1. The molecule has 3 heterocycles. The third-order valence-electron chi connectivity index (χ3n) is 2.19. The number of allylic oxidation sites excluding steroid dienone is 2. The number of nitrogens with zero attached hydrogens (tertiary/aromatic N) is 1. The summed E-state index contributed by atoms with van der Waals surface area (Å²) in [4.78, 5) is 4.24. The highest BCUT2D eigenvalue weighted by Gasteiger charge is 2.31. The van der Waals surface area contributed by atoms with Gasteiger partial charge in [-0.05, 0) is 11.5 Å². The van der Waals surface area contributed by atoms with E-state index in [0.717, 1.165) is 16.3 Å². The van der Waals surface area contributed by atoms with E-state index in [1.165, 1.54) is 0 Å². The van der Waals surface area contributed by atoms with Crippen molar-refractivity contribution in [1.29, 1.82) is 0 Å². The molecule has 80 valence electrons. The van der Waals surface area contributed by atoms with Gasteiger partial charge in [-0.1, -0.05) is 17.8 Å². The first-order chi connectivity index (χ1) is 6.84. The summed E-state index contributed by atoms with van der Waals surface area (Å²) >= 11 is 1.61. The molecular weight excluding hydrogens is 234 g/mol. The normalized spacial score (nSPS) is 26.5. The molecule has 5 nitrogen and oxygen atoms in total. The first-order valence-electron chi connectivity index (χ1n) is 4.24. The Morgan fingerprint density at radius 3 is 3.20 bits per heavy atom. The van der Waals surface area contributed by atoms with Gasteiger partial charge in [0, 0.05) is 5.57 Å². The third-order valence-corrected chi connectivity index (χ3v) is 3.04. The average Bonchev–Trinajstić information content (AvgIpc) is 2.43. The Kier molecular flexibility index (Phi) is 2.64. The van der Waals surface area contributed by atoms with Crippen molar-refractivity contribution < 1.29 is 0 Å². The van der Waals surface area contributed by atoms with Crippen LogP contribution < -0.4 is 21.9 Å². The van der Waals surface area contributed by atoms with Crippen LogP contribution in [0.15, 0.2) is 38.9 Å². The molecule has 1 atom stereocenters. The lowest BCUT2D eigenvalue weighted by Crippen LogP contribution is -2.40. The van der Waals surface area contributed by atoms with Crippen LogP contribution in [0.3, 0.4) is 0 Å². The number of hydrogen-bond acceptors (Lipinski definition) is 6. The van der Waals surface area contributed by atoms with E-state index in [1.807, 2.05) is 17.6 Å². The average molecular weight is 244 g/mol. The summed E-state index contributed by atoms with van der Waals surface area (Å²) in [6.45, 7) is 0. The van der Waals surface area contributed by atoms with Gasteiger partial charge in [0.25, 0.3) is 0 Å². The molecule has 0 saturated carbocycles. The number of aliphatic imine (C=N–C) groups is 1. The maximum atomic E-state index is 5.66. The van der Waals surface area contributed by atoms with E-state index in [4.69, 9.17) is 5.73 Å². The molecule has 1 fully saturated rings. The minimum atomic E-state index is -0.0649. The summed E-state index contributed by atoms with van der Waals surface area (Å²) in [6, 6.07) is 0. The van der Waals surface area contributed by atoms with Gasteiger partial charge < -0.3 is 16.5 Å². The van der Waals surface area contributed by atoms with Crippen LogP contribution >= 0.6 is 24.2 Å². The molecule has 1 unspecified atom stereocenters. The Hall–Kier alpha value is -1.11. The minimum Gasteiger partial charge on any atom is -0.370 e. The highest BCUT2D eigenvalue weighted by molar-refractivity contribution is 8.05. The summed E-state index contributed by atoms with van der Waals surface area (Å²) in [7, 11) is 0. The van der Waals surface area contributed by atoms with Gasteiger partial charge in [0.05, 0.1) is 10.7 Å². The van der Waals surface area contributed by atoms with Gasteiger partial charge in [-0.15, -0.1) is 12.4 Å². The molecule has 0 radical (unpaired) electrons. The predicted octanol–water partition coefficient (Wildman–Crippen LogP) is 0.116. The van der Waals surface area contributed by atoms with Crippen LogP contribution in [0.4, 0.5) is 0 Å². The number of thioether (sulfide) groups is 1. The molecule has 0 spiro atoms. The molecule has 0 aromatic rings. The molecule has 5 N–H and O–H groups in total. The van der Waals surface area contributed by atoms with Gasteiger partial charge in [0.1, 0.15) is 6.17 Å². The predicted molar refractivity (Wildman–Crippen MR) is 63.9 cm³/mol. The molecule has 0 bridgehead atoms. The SMILES string of the molecule is Cl.NC1=NC2NNC3=CC=CSC(=C32)N1. The highest BCUT2D eigenvalue weighted by Crippen LogP contribution is 2.32. The number of rotatable bonds is 0. The minimum absolute atomic E-state index is 0. The highest BCUT2D eigenvalue weighted by atomic mass is 35.5. The molecule has 0 aliphatic carbocycles. The number of hydrazine groups is 1. The molecule has 0 aromatic heterocycles. The number of nitrogens with one attached hydrogen (secondary N) is 3. The van der Waals surface area contributed by atoms with Gasteiger partial charge in [0.15, 0.2) is 5.96 Å². The molecule has 3 aliphatic heterocycles. The maximum Gasteiger partial charge on any atom is 0.195 e. The Bertz CT molecular complexity index is 411. The Labute approximate surface area is 97.3 Å². The number of guanidine groups is 1. The second kappa shape index (κ2) is 3.80. The third kappa shape index (κ3) is 1.60. The maximum absolute atomic E-state index is 5.66. The van der Waals surface area contributed by atoms with E-state index in [1.54, 1.807) is 11.8 Å². The van der Waals surface area contributed by atoms with E-state index in [2.05, 4.69) is 21.2 Å². The standard InChI is InChI=1S/C8H9N5S.ClH/c9-8-10-6-5-4(12-13-6)2-1-3-14-7(5)11-8;/h1-3,6,12-13H,(H3,9,10,11);1H. The Morgan fingerprint density at radius 2 is 2.33 bits per heavy atom. The van der Waals surface area contributed by atoms with Crippen LogP contribution in [0.25, 0.3) is 0 Å². The lowest BCUT2D eigenvalue weighted by molar-refractivity contribution is 0.600. The first kappa shape index (κ1) is 10.4. The van der Waals surface area contributed by atoms with E-state index >= 15 is 0 Å². The quantitative estimate of drug-likeness (QED) is 0.486. The van der Waals surface area contributed by atoms with Crippen LogP contribution in [-0.4, -0.2) is 12.1 Å². The van der Waals surface area contributed by atoms with Crippen molar-refractivity contribution in [2.45, 2.75) is 6.17 Å². The monoisotopic (exact) mass is 243 g/mol. The van der Waals surface area contributed by atoms with Crippen LogP contribution in [0, 0.1) is 0 Å². The van der Waals surface area contributed by atoms with Gasteiger partial charge in [-0.3, -0.25) is 0 Å². The van der Waals surface area contributed by atoms with Crippen LogP contribution in [0.1, 0.15) is 0 Å². The van der Waals surface area contributed by atoms with Gasteiger partial charge in [-0.2, -0.15) is 0 Å². The van der Waals surface area contributed by atoms with E-state index < -0.39 is 0 Å². The zero-order valence-electron chi connectivity index (χ0n) is 7.65. The molecular formula is C8H10ClN5S. The largest absolute Gasteiger partial charge is 0.370 e. The molecule has 15 heavy (non-hydrogen) atoms. The van der Waals surface area contributed by atoms with Gasteiger partial charge in [-0.25, -0.2) is 10.4 Å². The molecule has 7 heteroatoms. The lowest BCUT2D eigenvalue weighted by atomic mass is 10.1. The van der Waals surface area contributed by atoms with Crippen molar-refractivity contribution >= 4 is 30.1 Å². The van der Waals surface area contributed by atoms with Crippen molar-refractivity contribution in [3.8, 4) is 0 Å². The molecule has 3 aliphatic rings. The summed E-state index contributed by atoms with van der Waals surface area (Å²) in [5.74, 6) is 0.451. The fourth-order valence-corrected chi connectivity index (χ4v) is 2.40. The summed E-state index contributed by atoms with van der Waals surface area (Å²) < 4.78 is 0. The van der Waals surface area contributed by atoms with Crippen molar-refractivity contribution in [3.05, 3.63) is 33.9 Å². The summed E-state index contributed by atoms with van der Waals surface area (Å²) in [5.41, 5.74) is 14.0. The second-order valence-corrected chi connectivity index (χ2v) is 4.00. The smallest absolute Gasteiger partial charge is 0.195 e. The van der Waals surface area contributed by atoms with Crippen molar-refractivity contribution in [2.24, 2.45) is 10.7 Å². The molecule has 3 rings (SSSR count).